The van der Waals surface area contributed by atoms with E-state index in [9.17, 15) is 22.4 Å². The summed E-state index contributed by atoms with van der Waals surface area (Å²) in [7, 11) is 0. The van der Waals surface area contributed by atoms with Gasteiger partial charge in [0, 0.05) is 13.1 Å². The number of hydrogen-bond donors (Lipinski definition) is 2. The van der Waals surface area contributed by atoms with E-state index in [0.717, 1.165) is 12.1 Å². The molecular formula is C12H11F4N5O. The van der Waals surface area contributed by atoms with Crippen LogP contribution in [0.4, 0.5) is 17.6 Å². The lowest BCUT2D eigenvalue weighted by Gasteiger charge is -2.11. The Bertz CT molecular complexity index is 682. The second kappa shape index (κ2) is 6.10. The van der Waals surface area contributed by atoms with Crippen LogP contribution in [0.3, 0.4) is 0 Å². The number of amides is 1. The number of para-hydroxylation sites is 1. The summed E-state index contributed by atoms with van der Waals surface area (Å²) in [5, 5.41) is 8.65. The molecule has 22 heavy (non-hydrogen) atoms. The molecule has 0 unspecified atom stereocenters. The third-order valence-electron chi connectivity index (χ3n) is 2.66. The van der Waals surface area contributed by atoms with Gasteiger partial charge in [-0.1, -0.05) is 17.3 Å². The van der Waals surface area contributed by atoms with Gasteiger partial charge in [-0.2, -0.15) is 13.2 Å². The number of halogens is 4. The van der Waals surface area contributed by atoms with Crippen molar-refractivity contribution in [3.8, 4) is 5.69 Å². The monoisotopic (exact) mass is 317 g/mol. The van der Waals surface area contributed by atoms with Gasteiger partial charge in [-0.3, -0.25) is 4.79 Å². The van der Waals surface area contributed by atoms with E-state index in [1.165, 1.54) is 12.1 Å². The fourth-order valence-electron chi connectivity index (χ4n) is 1.75. The van der Waals surface area contributed by atoms with E-state index >= 15 is 0 Å². The standard InChI is InChI=1S/C12H11F4N5O/c13-7-3-1-2-4-8(7)21-10(12(14,15)16)9(19-20-21)11(22)18-6-5-17/h1-4H,5-6,17H2,(H,18,22). The van der Waals surface area contributed by atoms with Crippen LogP contribution in [0.5, 0.6) is 0 Å². The minimum atomic E-state index is -4.94. The Morgan fingerprint density at radius 3 is 2.59 bits per heavy atom. The van der Waals surface area contributed by atoms with Gasteiger partial charge in [0.15, 0.2) is 11.4 Å². The molecule has 10 heteroatoms. The van der Waals surface area contributed by atoms with Crippen molar-refractivity contribution in [2.75, 3.05) is 13.1 Å². The largest absolute Gasteiger partial charge is 0.435 e. The van der Waals surface area contributed by atoms with Crippen molar-refractivity contribution in [3.63, 3.8) is 0 Å². The number of carbonyl (C=O) groups excluding carboxylic acids is 1. The van der Waals surface area contributed by atoms with Gasteiger partial charge in [-0.05, 0) is 12.1 Å². The Morgan fingerprint density at radius 2 is 2.00 bits per heavy atom. The molecule has 0 atom stereocenters. The van der Waals surface area contributed by atoms with E-state index in [1.807, 2.05) is 0 Å². The van der Waals surface area contributed by atoms with Crippen LogP contribution in [0.1, 0.15) is 16.2 Å². The lowest BCUT2D eigenvalue weighted by Crippen LogP contribution is -2.31. The summed E-state index contributed by atoms with van der Waals surface area (Å²) in [6.07, 6.45) is -4.94. The molecule has 0 saturated carbocycles. The molecule has 1 aromatic carbocycles. The van der Waals surface area contributed by atoms with Gasteiger partial charge in [0.25, 0.3) is 5.91 Å². The number of rotatable bonds is 4. The van der Waals surface area contributed by atoms with E-state index < -0.39 is 35.0 Å². The lowest BCUT2D eigenvalue weighted by atomic mass is 10.2. The van der Waals surface area contributed by atoms with E-state index in [4.69, 9.17) is 5.73 Å². The minimum Gasteiger partial charge on any atom is -0.349 e. The molecule has 0 radical (unpaired) electrons. The summed E-state index contributed by atoms with van der Waals surface area (Å²) in [5.74, 6) is -2.01. The van der Waals surface area contributed by atoms with Gasteiger partial charge >= 0.3 is 6.18 Å². The summed E-state index contributed by atoms with van der Waals surface area (Å²) in [5.41, 5.74) is 2.32. The van der Waals surface area contributed by atoms with Crippen molar-refractivity contribution in [2.45, 2.75) is 6.18 Å². The molecule has 6 nitrogen and oxygen atoms in total. The zero-order valence-electron chi connectivity index (χ0n) is 11.1. The Kier molecular flexibility index (Phi) is 4.40. The first-order chi connectivity index (χ1) is 10.4. The zero-order valence-corrected chi connectivity index (χ0v) is 11.1. The molecule has 1 heterocycles. The highest BCUT2D eigenvalue weighted by Crippen LogP contribution is 2.33. The summed E-state index contributed by atoms with van der Waals surface area (Å²) < 4.78 is 53.6. The molecule has 2 rings (SSSR count). The molecule has 0 saturated heterocycles. The highest BCUT2D eigenvalue weighted by Gasteiger charge is 2.42. The van der Waals surface area contributed by atoms with E-state index in [-0.39, 0.29) is 17.8 Å². The second-order valence-corrected chi connectivity index (χ2v) is 4.19. The maximum absolute atomic E-state index is 13.7. The lowest BCUT2D eigenvalue weighted by molar-refractivity contribution is -0.143. The Morgan fingerprint density at radius 1 is 1.32 bits per heavy atom. The first-order valence-corrected chi connectivity index (χ1v) is 6.12. The number of alkyl halides is 3. The summed E-state index contributed by atoms with van der Waals surface area (Å²) in [4.78, 5) is 11.7. The highest BCUT2D eigenvalue weighted by molar-refractivity contribution is 5.93. The van der Waals surface area contributed by atoms with Crippen LogP contribution in [-0.2, 0) is 6.18 Å². The van der Waals surface area contributed by atoms with Crippen LogP contribution in [0.2, 0.25) is 0 Å². The fourth-order valence-corrected chi connectivity index (χ4v) is 1.75. The molecule has 1 amide bonds. The van der Waals surface area contributed by atoms with Crippen LogP contribution in [0.25, 0.3) is 5.69 Å². The van der Waals surface area contributed by atoms with E-state index in [1.54, 1.807) is 0 Å². The maximum Gasteiger partial charge on any atom is 0.435 e. The molecule has 0 aliphatic carbocycles. The number of benzene rings is 1. The van der Waals surface area contributed by atoms with Crippen molar-refractivity contribution in [1.29, 1.82) is 0 Å². The molecule has 0 spiro atoms. The molecule has 3 N–H and O–H groups in total. The van der Waals surface area contributed by atoms with Crippen LogP contribution in [-0.4, -0.2) is 34.0 Å². The van der Waals surface area contributed by atoms with Crippen molar-refractivity contribution in [1.82, 2.24) is 20.3 Å². The molecule has 0 aliphatic heterocycles. The van der Waals surface area contributed by atoms with Crippen LogP contribution in [0.15, 0.2) is 24.3 Å². The zero-order chi connectivity index (χ0) is 16.3. The van der Waals surface area contributed by atoms with Crippen molar-refractivity contribution >= 4 is 5.91 Å². The van der Waals surface area contributed by atoms with Crippen molar-refractivity contribution < 1.29 is 22.4 Å². The second-order valence-electron chi connectivity index (χ2n) is 4.19. The molecule has 118 valence electrons. The molecule has 2 aromatic rings. The average molecular weight is 317 g/mol. The van der Waals surface area contributed by atoms with Gasteiger partial charge < -0.3 is 11.1 Å². The topological polar surface area (TPSA) is 85.8 Å². The molecule has 0 aliphatic rings. The fraction of sp³-hybridized carbons (Fsp3) is 0.250. The van der Waals surface area contributed by atoms with Crippen LogP contribution >= 0.6 is 0 Å². The van der Waals surface area contributed by atoms with E-state index in [0.29, 0.717) is 0 Å². The number of nitrogens with two attached hydrogens (primary N) is 1. The average Bonchev–Trinajstić information content (AvgIpc) is 2.90. The molecule has 1 aromatic heterocycles. The number of carbonyl (C=O) groups is 1. The highest BCUT2D eigenvalue weighted by atomic mass is 19.4. The van der Waals surface area contributed by atoms with Gasteiger partial charge in [-0.15, -0.1) is 5.10 Å². The Labute approximate surface area is 121 Å². The number of nitrogens with zero attached hydrogens (tertiary/aromatic N) is 3. The molecular weight excluding hydrogens is 306 g/mol. The first kappa shape index (κ1) is 15.9. The minimum absolute atomic E-state index is 0.0251. The van der Waals surface area contributed by atoms with Gasteiger partial charge in [-0.25, -0.2) is 9.07 Å². The number of nitrogens with one attached hydrogen (secondary N) is 1. The van der Waals surface area contributed by atoms with Crippen molar-refractivity contribution in [3.05, 3.63) is 41.5 Å². The van der Waals surface area contributed by atoms with Crippen LogP contribution < -0.4 is 11.1 Å². The predicted molar refractivity (Wildman–Crippen MR) is 67.7 cm³/mol. The summed E-state index contributed by atoms with van der Waals surface area (Å²) in [6, 6.07) is 4.73. The summed E-state index contributed by atoms with van der Waals surface area (Å²) >= 11 is 0. The van der Waals surface area contributed by atoms with E-state index in [2.05, 4.69) is 15.6 Å². The summed E-state index contributed by atoms with van der Waals surface area (Å²) in [6.45, 7) is 0.0250. The number of hydrogen-bond acceptors (Lipinski definition) is 4. The number of aromatic nitrogens is 3. The van der Waals surface area contributed by atoms with Gasteiger partial charge in [0.2, 0.25) is 0 Å². The van der Waals surface area contributed by atoms with Gasteiger partial charge in [0.05, 0.1) is 0 Å². The Balaban J connectivity index is 2.55. The predicted octanol–water partition coefficient (Wildman–Crippen LogP) is 1.11. The Hall–Kier alpha value is -2.49. The third-order valence-corrected chi connectivity index (χ3v) is 2.66. The van der Waals surface area contributed by atoms with Crippen LogP contribution in [0, 0.1) is 5.82 Å². The molecule has 0 bridgehead atoms. The van der Waals surface area contributed by atoms with Crippen molar-refractivity contribution in [2.24, 2.45) is 5.73 Å². The maximum atomic E-state index is 13.7. The quantitative estimate of drug-likeness (QED) is 0.827. The molecule has 0 fully saturated rings. The normalized spacial score (nSPS) is 11.5. The first-order valence-electron chi connectivity index (χ1n) is 6.12. The van der Waals surface area contributed by atoms with Gasteiger partial charge in [0.1, 0.15) is 11.5 Å². The SMILES string of the molecule is NCCNC(=O)c1nnn(-c2ccccc2F)c1C(F)(F)F. The smallest absolute Gasteiger partial charge is 0.349 e. The third kappa shape index (κ3) is 3.06.